The van der Waals surface area contributed by atoms with Crippen LogP contribution in [0.2, 0.25) is 0 Å². The zero-order chi connectivity index (χ0) is 25.3. The van der Waals surface area contributed by atoms with Crippen LogP contribution in [0.15, 0.2) is 82.3 Å². The Kier molecular flexibility index (Phi) is 6.46. The first-order chi connectivity index (χ1) is 17.3. The first-order valence-electron chi connectivity index (χ1n) is 11.3. The minimum absolute atomic E-state index is 0.142. The first kappa shape index (κ1) is 24.0. The molecule has 2 aromatic heterocycles. The van der Waals surface area contributed by atoms with Gasteiger partial charge in [-0.15, -0.1) is 0 Å². The molecule has 1 amide bonds. The molecular formula is C26H23N3O5S2. The van der Waals surface area contributed by atoms with E-state index in [-0.39, 0.29) is 16.6 Å². The van der Waals surface area contributed by atoms with Crippen molar-refractivity contribution in [2.24, 2.45) is 0 Å². The van der Waals surface area contributed by atoms with Gasteiger partial charge in [0.25, 0.3) is 5.91 Å². The lowest BCUT2D eigenvalue weighted by atomic mass is 10.1. The number of hydrogen-bond acceptors (Lipinski definition) is 8. The second-order valence-corrected chi connectivity index (χ2v) is 11.4. The number of carbonyl (C=O) groups excluding carboxylic acids is 2. The Balaban J connectivity index is 1.42. The molecule has 0 atom stereocenters. The molecule has 4 aromatic rings. The number of aromatic nitrogens is 1. The zero-order valence-corrected chi connectivity index (χ0v) is 21.1. The van der Waals surface area contributed by atoms with Gasteiger partial charge in [-0.05, 0) is 36.4 Å². The predicted octanol–water partition coefficient (Wildman–Crippen LogP) is 4.00. The Labute approximate surface area is 212 Å². The number of sulfone groups is 1. The minimum atomic E-state index is -3.36. The highest BCUT2D eigenvalue weighted by Crippen LogP contribution is 2.35. The summed E-state index contributed by atoms with van der Waals surface area (Å²) in [5, 5.41) is 0.704. The average Bonchev–Trinajstić information content (AvgIpc) is 3.59. The Hall–Kier alpha value is -3.76. The van der Waals surface area contributed by atoms with E-state index in [0.717, 1.165) is 11.8 Å². The van der Waals surface area contributed by atoms with Crippen LogP contribution in [0.4, 0.5) is 5.13 Å². The van der Waals surface area contributed by atoms with Gasteiger partial charge in [0.05, 0.1) is 16.9 Å². The maximum absolute atomic E-state index is 13.5. The zero-order valence-electron chi connectivity index (χ0n) is 19.5. The number of carbonyl (C=O) groups is 2. The lowest BCUT2D eigenvalue weighted by Gasteiger charge is -2.34. The molecule has 10 heteroatoms. The van der Waals surface area contributed by atoms with Gasteiger partial charge < -0.3 is 14.2 Å². The number of hydrogen-bond donors (Lipinski definition) is 0. The van der Waals surface area contributed by atoms with E-state index < -0.39 is 9.84 Å². The summed E-state index contributed by atoms with van der Waals surface area (Å²) in [5.41, 5.74) is 1.80. The van der Waals surface area contributed by atoms with E-state index in [0.29, 0.717) is 53.2 Å². The summed E-state index contributed by atoms with van der Waals surface area (Å²) in [6.07, 6.45) is 2.62. The molecule has 0 radical (unpaired) electrons. The number of rotatable bonds is 6. The maximum atomic E-state index is 13.5. The van der Waals surface area contributed by atoms with E-state index >= 15 is 0 Å². The third kappa shape index (κ3) is 4.82. The third-order valence-electron chi connectivity index (χ3n) is 5.98. The smallest absolute Gasteiger partial charge is 0.289 e. The molecule has 1 aliphatic rings. The molecule has 0 bridgehead atoms. The summed E-state index contributed by atoms with van der Waals surface area (Å²) in [6, 6.07) is 18.8. The predicted molar refractivity (Wildman–Crippen MR) is 137 cm³/mol. The summed E-state index contributed by atoms with van der Waals surface area (Å²) in [5.74, 6) is -0.0414. The number of furan rings is 1. The van der Waals surface area contributed by atoms with Crippen LogP contribution in [-0.2, 0) is 9.84 Å². The van der Waals surface area contributed by atoms with E-state index in [9.17, 15) is 18.0 Å². The summed E-state index contributed by atoms with van der Waals surface area (Å²) in [7, 11) is -3.36. The highest BCUT2D eigenvalue weighted by atomic mass is 32.2. The van der Waals surface area contributed by atoms with Crippen LogP contribution in [0.1, 0.15) is 25.8 Å². The van der Waals surface area contributed by atoms with Gasteiger partial charge >= 0.3 is 0 Å². The summed E-state index contributed by atoms with van der Waals surface area (Å²) in [4.78, 5) is 35.4. The molecule has 1 saturated heterocycles. The number of ketones is 1. The summed E-state index contributed by atoms with van der Waals surface area (Å²) < 4.78 is 28.8. The van der Waals surface area contributed by atoms with Crippen molar-refractivity contribution in [1.29, 1.82) is 0 Å². The Morgan fingerprint density at radius 2 is 1.61 bits per heavy atom. The number of nitrogens with zero attached hydrogens (tertiary/aromatic N) is 3. The molecule has 0 spiro atoms. The molecule has 0 aliphatic carbocycles. The Bertz CT molecular complexity index is 1490. The largest absolute Gasteiger partial charge is 0.459 e. The van der Waals surface area contributed by atoms with Crippen LogP contribution in [0.3, 0.4) is 0 Å². The second kappa shape index (κ2) is 9.71. The van der Waals surface area contributed by atoms with Gasteiger partial charge in [-0.2, -0.15) is 0 Å². The van der Waals surface area contributed by atoms with Crippen LogP contribution in [0.5, 0.6) is 0 Å². The van der Waals surface area contributed by atoms with Crippen LogP contribution < -0.4 is 4.90 Å². The van der Waals surface area contributed by atoms with Gasteiger partial charge in [-0.3, -0.25) is 9.59 Å². The van der Waals surface area contributed by atoms with Crippen LogP contribution in [-0.4, -0.2) is 62.4 Å². The summed E-state index contributed by atoms with van der Waals surface area (Å²) >= 11 is 1.31. The molecular weight excluding hydrogens is 498 g/mol. The number of thiazole rings is 1. The van der Waals surface area contributed by atoms with Gasteiger partial charge in [0.1, 0.15) is 4.88 Å². The van der Waals surface area contributed by atoms with Crippen molar-refractivity contribution in [3.63, 3.8) is 0 Å². The second-order valence-electron chi connectivity index (χ2n) is 8.42. The van der Waals surface area contributed by atoms with Crippen molar-refractivity contribution in [2.45, 2.75) is 4.90 Å². The topological polar surface area (TPSA) is 101 Å². The van der Waals surface area contributed by atoms with Crippen molar-refractivity contribution in [3.8, 4) is 11.3 Å². The van der Waals surface area contributed by atoms with Gasteiger partial charge in [-0.25, -0.2) is 13.4 Å². The molecule has 1 aliphatic heterocycles. The highest BCUT2D eigenvalue weighted by molar-refractivity contribution is 7.90. The minimum Gasteiger partial charge on any atom is -0.459 e. The molecule has 0 saturated carbocycles. The van der Waals surface area contributed by atoms with Gasteiger partial charge in [0.2, 0.25) is 5.78 Å². The lowest BCUT2D eigenvalue weighted by Crippen LogP contribution is -2.48. The molecule has 0 N–H and O–H groups in total. The fourth-order valence-corrected chi connectivity index (χ4v) is 5.76. The molecule has 3 heterocycles. The lowest BCUT2D eigenvalue weighted by molar-refractivity contribution is 0.0714. The molecule has 5 rings (SSSR count). The summed E-state index contributed by atoms with van der Waals surface area (Å²) in [6.45, 7) is 2.17. The molecule has 8 nitrogen and oxygen atoms in total. The monoisotopic (exact) mass is 521 g/mol. The molecule has 0 unspecified atom stereocenters. The number of amides is 1. The third-order valence-corrected chi connectivity index (χ3v) is 8.23. The molecule has 1 fully saturated rings. The van der Waals surface area contributed by atoms with Crippen LogP contribution >= 0.6 is 11.3 Å². The molecule has 36 heavy (non-hydrogen) atoms. The first-order valence-corrected chi connectivity index (χ1v) is 14.0. The van der Waals surface area contributed by atoms with Crippen molar-refractivity contribution in [1.82, 2.24) is 9.88 Å². The SMILES string of the molecule is CS(=O)(=O)c1ccc(C(=O)c2sc(N3CCN(C(=O)c4ccco4)CC3)nc2-c2ccccc2)cc1. The molecule has 2 aromatic carbocycles. The normalized spacial score (nSPS) is 14.1. The van der Waals surface area contributed by atoms with E-state index in [1.54, 1.807) is 17.0 Å². The Morgan fingerprint density at radius 1 is 0.917 bits per heavy atom. The van der Waals surface area contributed by atoms with E-state index in [2.05, 4.69) is 4.90 Å². The van der Waals surface area contributed by atoms with Gasteiger partial charge in [-0.1, -0.05) is 41.7 Å². The van der Waals surface area contributed by atoms with Gasteiger partial charge in [0, 0.05) is 43.6 Å². The van der Waals surface area contributed by atoms with Crippen molar-refractivity contribution in [3.05, 3.63) is 89.2 Å². The Morgan fingerprint density at radius 3 is 2.22 bits per heavy atom. The van der Waals surface area contributed by atoms with Crippen LogP contribution in [0, 0.1) is 0 Å². The quantitative estimate of drug-likeness (QED) is 0.354. The standard InChI is InChI=1S/C26H23N3O5S2/c1-36(32,33)20-11-9-19(10-12-20)23(30)24-22(18-6-3-2-4-7-18)27-26(35-24)29-15-13-28(14-16-29)25(31)21-8-5-17-34-21/h2-12,17H,13-16H2,1H3. The van der Waals surface area contributed by atoms with Crippen LogP contribution in [0.25, 0.3) is 11.3 Å². The fourth-order valence-electron chi connectivity index (χ4n) is 4.03. The fraction of sp³-hybridized carbons (Fsp3) is 0.192. The van der Waals surface area contributed by atoms with Crippen molar-refractivity contribution < 1.29 is 22.4 Å². The number of anilines is 1. The van der Waals surface area contributed by atoms with E-state index in [4.69, 9.17) is 9.40 Å². The number of piperazine rings is 1. The van der Waals surface area contributed by atoms with Crippen molar-refractivity contribution >= 4 is 38.0 Å². The van der Waals surface area contributed by atoms with Gasteiger partial charge in [0.15, 0.2) is 20.7 Å². The maximum Gasteiger partial charge on any atom is 0.289 e. The van der Waals surface area contributed by atoms with Crippen molar-refractivity contribution in [2.75, 3.05) is 37.3 Å². The molecule has 184 valence electrons. The number of benzene rings is 2. The highest BCUT2D eigenvalue weighted by Gasteiger charge is 2.28. The van der Waals surface area contributed by atoms with E-state index in [1.807, 2.05) is 30.3 Å². The average molecular weight is 522 g/mol. The van der Waals surface area contributed by atoms with E-state index in [1.165, 1.54) is 41.9 Å².